The molecule has 2 N–H and O–H groups in total. The molecular formula is C10H6ClN3O3S. The minimum atomic E-state index is -1.16. The number of benzene rings is 1. The number of aromatic carboxylic acids is 1. The topological polar surface area (TPSA) is 92.2 Å². The van der Waals surface area contributed by atoms with Crippen LogP contribution in [0.4, 0.5) is 5.69 Å². The smallest absolute Gasteiger partial charge is 0.337 e. The predicted octanol–water partition coefficient (Wildman–Crippen LogP) is 2.14. The van der Waals surface area contributed by atoms with Crippen LogP contribution in [0.2, 0.25) is 5.02 Å². The summed E-state index contributed by atoms with van der Waals surface area (Å²) in [7, 11) is 0. The second kappa shape index (κ2) is 5.11. The lowest BCUT2D eigenvalue weighted by molar-refractivity contribution is 0.0696. The zero-order valence-corrected chi connectivity index (χ0v) is 10.3. The molecule has 18 heavy (non-hydrogen) atoms. The van der Waals surface area contributed by atoms with Crippen LogP contribution in [0.5, 0.6) is 0 Å². The summed E-state index contributed by atoms with van der Waals surface area (Å²) in [6.45, 7) is 0. The van der Waals surface area contributed by atoms with Crippen LogP contribution in [-0.2, 0) is 0 Å². The number of amides is 1. The summed E-state index contributed by atoms with van der Waals surface area (Å²) in [6.07, 6.45) is 0. The molecule has 0 aliphatic heterocycles. The Morgan fingerprint density at radius 3 is 2.78 bits per heavy atom. The third-order valence-electron chi connectivity index (χ3n) is 2.05. The number of carbonyl (C=O) groups excluding carboxylic acids is 1. The highest BCUT2D eigenvalue weighted by Gasteiger charge is 2.13. The van der Waals surface area contributed by atoms with Gasteiger partial charge in [0.1, 0.15) is 0 Å². The second-order valence-electron chi connectivity index (χ2n) is 3.24. The fourth-order valence-corrected chi connectivity index (χ4v) is 1.86. The molecule has 0 saturated carbocycles. The Labute approximate surface area is 110 Å². The van der Waals surface area contributed by atoms with Crippen molar-refractivity contribution in [3.8, 4) is 0 Å². The lowest BCUT2D eigenvalue weighted by Gasteiger charge is -2.05. The number of hydrogen-bond acceptors (Lipinski definition) is 5. The molecule has 2 aromatic rings. The standard InChI is InChI=1S/C10H6ClN3O3S/c11-7-2-1-5(3-6(7)10(16)17)12-9(15)8-4-18-14-13-8/h1-4H,(H,12,15)(H,16,17). The molecular weight excluding hydrogens is 278 g/mol. The Balaban J connectivity index is 2.22. The number of rotatable bonds is 3. The average molecular weight is 284 g/mol. The monoisotopic (exact) mass is 283 g/mol. The number of carboxylic acid groups (broad SMARTS) is 1. The van der Waals surface area contributed by atoms with Crippen LogP contribution < -0.4 is 5.32 Å². The van der Waals surface area contributed by atoms with Crippen LogP contribution in [0.15, 0.2) is 23.6 Å². The number of nitrogens with zero attached hydrogens (tertiary/aromatic N) is 2. The highest BCUT2D eigenvalue weighted by Crippen LogP contribution is 2.21. The Morgan fingerprint density at radius 1 is 1.39 bits per heavy atom. The summed E-state index contributed by atoms with van der Waals surface area (Å²) < 4.78 is 3.56. The molecule has 0 atom stereocenters. The van der Waals surface area contributed by atoms with E-state index < -0.39 is 11.9 Å². The normalized spacial score (nSPS) is 10.1. The molecule has 1 heterocycles. The van der Waals surface area contributed by atoms with E-state index in [1.54, 1.807) is 0 Å². The van der Waals surface area contributed by atoms with Crippen molar-refractivity contribution in [3.05, 3.63) is 39.9 Å². The summed E-state index contributed by atoms with van der Waals surface area (Å²) >= 11 is 6.76. The van der Waals surface area contributed by atoms with Gasteiger partial charge in [-0.3, -0.25) is 4.79 Å². The van der Waals surface area contributed by atoms with Crippen molar-refractivity contribution in [2.45, 2.75) is 0 Å². The van der Waals surface area contributed by atoms with Gasteiger partial charge < -0.3 is 10.4 Å². The Morgan fingerprint density at radius 2 is 2.17 bits per heavy atom. The highest BCUT2D eigenvalue weighted by atomic mass is 35.5. The summed E-state index contributed by atoms with van der Waals surface area (Å²) in [5.74, 6) is -1.62. The Kier molecular flexibility index (Phi) is 3.54. The van der Waals surface area contributed by atoms with Gasteiger partial charge in [-0.1, -0.05) is 16.1 Å². The van der Waals surface area contributed by atoms with E-state index in [0.717, 1.165) is 11.5 Å². The number of carboxylic acids is 1. The van der Waals surface area contributed by atoms with Gasteiger partial charge in [-0.25, -0.2) is 4.79 Å². The van der Waals surface area contributed by atoms with Crippen molar-refractivity contribution in [1.29, 1.82) is 0 Å². The first kappa shape index (κ1) is 12.5. The molecule has 0 fully saturated rings. The third kappa shape index (κ3) is 2.63. The van der Waals surface area contributed by atoms with E-state index in [2.05, 4.69) is 14.9 Å². The fraction of sp³-hybridized carbons (Fsp3) is 0. The van der Waals surface area contributed by atoms with Crippen molar-refractivity contribution in [2.75, 3.05) is 5.32 Å². The SMILES string of the molecule is O=C(Nc1ccc(Cl)c(C(=O)O)c1)c1csnn1. The largest absolute Gasteiger partial charge is 0.478 e. The minimum absolute atomic E-state index is 0.0779. The van der Waals surface area contributed by atoms with E-state index in [0.29, 0.717) is 5.69 Å². The first-order chi connectivity index (χ1) is 8.58. The second-order valence-corrected chi connectivity index (χ2v) is 4.26. The summed E-state index contributed by atoms with van der Waals surface area (Å²) in [5.41, 5.74) is 0.424. The number of anilines is 1. The maximum Gasteiger partial charge on any atom is 0.337 e. The van der Waals surface area contributed by atoms with E-state index in [1.165, 1.54) is 23.6 Å². The van der Waals surface area contributed by atoms with Crippen molar-refractivity contribution in [3.63, 3.8) is 0 Å². The van der Waals surface area contributed by atoms with E-state index in [-0.39, 0.29) is 16.3 Å². The maximum absolute atomic E-state index is 11.7. The number of nitrogens with one attached hydrogen (secondary N) is 1. The molecule has 0 radical (unpaired) electrons. The quantitative estimate of drug-likeness (QED) is 0.900. The summed E-state index contributed by atoms with van der Waals surface area (Å²) in [6, 6.07) is 4.19. The van der Waals surface area contributed by atoms with Gasteiger partial charge in [0, 0.05) is 11.1 Å². The van der Waals surface area contributed by atoms with Crippen molar-refractivity contribution < 1.29 is 14.7 Å². The Hall–Kier alpha value is -1.99. The van der Waals surface area contributed by atoms with Gasteiger partial charge in [-0.15, -0.1) is 5.10 Å². The number of halogens is 1. The molecule has 6 nitrogen and oxygen atoms in total. The van der Waals surface area contributed by atoms with Gasteiger partial charge in [0.15, 0.2) is 5.69 Å². The molecule has 0 saturated heterocycles. The van der Waals surface area contributed by atoms with Crippen LogP contribution >= 0.6 is 23.1 Å². The number of hydrogen-bond donors (Lipinski definition) is 2. The van der Waals surface area contributed by atoms with Crippen LogP contribution in [-0.4, -0.2) is 26.6 Å². The zero-order valence-electron chi connectivity index (χ0n) is 8.75. The van der Waals surface area contributed by atoms with E-state index >= 15 is 0 Å². The zero-order chi connectivity index (χ0) is 13.1. The van der Waals surface area contributed by atoms with Gasteiger partial charge in [0.05, 0.1) is 10.6 Å². The van der Waals surface area contributed by atoms with Gasteiger partial charge in [0.25, 0.3) is 5.91 Å². The molecule has 2 rings (SSSR count). The molecule has 0 aliphatic rings. The van der Waals surface area contributed by atoms with Crippen molar-refractivity contribution in [2.24, 2.45) is 0 Å². The van der Waals surface area contributed by atoms with E-state index in [9.17, 15) is 9.59 Å². The fourth-order valence-electron chi connectivity index (χ4n) is 1.23. The van der Waals surface area contributed by atoms with Crippen LogP contribution in [0.1, 0.15) is 20.8 Å². The third-order valence-corrected chi connectivity index (χ3v) is 2.88. The first-order valence-corrected chi connectivity index (χ1v) is 5.90. The molecule has 1 amide bonds. The molecule has 0 bridgehead atoms. The molecule has 92 valence electrons. The van der Waals surface area contributed by atoms with Crippen LogP contribution in [0.3, 0.4) is 0 Å². The average Bonchev–Trinajstić information content (AvgIpc) is 2.85. The lowest BCUT2D eigenvalue weighted by atomic mass is 10.2. The highest BCUT2D eigenvalue weighted by molar-refractivity contribution is 7.03. The van der Waals surface area contributed by atoms with Gasteiger partial charge >= 0.3 is 5.97 Å². The van der Waals surface area contributed by atoms with Gasteiger partial charge in [-0.05, 0) is 29.7 Å². The van der Waals surface area contributed by atoms with Crippen molar-refractivity contribution >= 4 is 40.7 Å². The molecule has 0 unspecified atom stereocenters. The number of aromatic nitrogens is 2. The first-order valence-electron chi connectivity index (χ1n) is 4.69. The van der Waals surface area contributed by atoms with Crippen molar-refractivity contribution in [1.82, 2.24) is 9.59 Å². The summed E-state index contributed by atoms with van der Waals surface area (Å²) in [4.78, 5) is 22.5. The summed E-state index contributed by atoms with van der Waals surface area (Å²) in [5, 5.41) is 16.6. The Bertz CT molecular complexity index is 600. The molecule has 1 aromatic carbocycles. The van der Waals surface area contributed by atoms with E-state index in [1.807, 2.05) is 0 Å². The molecule has 0 aliphatic carbocycles. The molecule has 1 aromatic heterocycles. The molecule has 0 spiro atoms. The van der Waals surface area contributed by atoms with Crippen LogP contribution in [0.25, 0.3) is 0 Å². The van der Waals surface area contributed by atoms with Crippen LogP contribution in [0, 0.1) is 0 Å². The van der Waals surface area contributed by atoms with Gasteiger partial charge in [0.2, 0.25) is 0 Å². The minimum Gasteiger partial charge on any atom is -0.478 e. The lowest BCUT2D eigenvalue weighted by Crippen LogP contribution is -2.13. The van der Waals surface area contributed by atoms with E-state index in [4.69, 9.17) is 16.7 Å². The molecule has 8 heteroatoms. The van der Waals surface area contributed by atoms with Gasteiger partial charge in [-0.2, -0.15) is 0 Å². The maximum atomic E-state index is 11.7. The number of carbonyl (C=O) groups is 2. The predicted molar refractivity (Wildman–Crippen MR) is 66.3 cm³/mol.